The minimum atomic E-state index is 1.04. The minimum absolute atomic E-state index is 1.04. The SMILES string of the molecule is CCCCCCC/C=N/NCCCCCCCC. The number of nitrogens with one attached hydrogen (secondary N) is 1. The second kappa shape index (κ2) is 16.5. The third kappa shape index (κ3) is 15.5. The maximum absolute atomic E-state index is 4.25. The first kappa shape index (κ1) is 17.5. The number of hydrogen-bond donors (Lipinski definition) is 1. The molecule has 0 bridgehead atoms. The number of nitrogens with zero attached hydrogens (tertiary/aromatic N) is 1. The molecule has 0 amide bonds. The summed E-state index contributed by atoms with van der Waals surface area (Å²) in [5, 5.41) is 4.25. The molecule has 0 aromatic heterocycles. The van der Waals surface area contributed by atoms with Crippen molar-refractivity contribution in [1.82, 2.24) is 5.43 Å². The van der Waals surface area contributed by atoms with Gasteiger partial charge in [-0.2, -0.15) is 5.10 Å². The fraction of sp³-hybridized carbons (Fsp3) is 0.938. The van der Waals surface area contributed by atoms with Gasteiger partial charge in [0.15, 0.2) is 0 Å². The van der Waals surface area contributed by atoms with Crippen molar-refractivity contribution in [3.8, 4) is 0 Å². The van der Waals surface area contributed by atoms with E-state index in [0.29, 0.717) is 0 Å². The van der Waals surface area contributed by atoms with Gasteiger partial charge < -0.3 is 5.43 Å². The zero-order valence-electron chi connectivity index (χ0n) is 12.7. The van der Waals surface area contributed by atoms with Crippen LogP contribution in [0.5, 0.6) is 0 Å². The van der Waals surface area contributed by atoms with E-state index in [1.54, 1.807) is 0 Å². The number of hydrogen-bond acceptors (Lipinski definition) is 2. The molecule has 0 unspecified atom stereocenters. The molecular weight excluding hydrogens is 220 g/mol. The summed E-state index contributed by atoms with van der Waals surface area (Å²) in [5.41, 5.74) is 3.15. The van der Waals surface area contributed by atoms with Crippen LogP contribution in [0.1, 0.15) is 90.9 Å². The molecule has 0 aliphatic carbocycles. The van der Waals surface area contributed by atoms with E-state index in [-0.39, 0.29) is 0 Å². The standard InChI is InChI=1S/C16H34N2/c1-3-5-7-9-11-13-15-17-18-16-14-12-10-8-6-4-2/h15,18H,3-14,16H2,1-2H3/b17-15+. The van der Waals surface area contributed by atoms with Gasteiger partial charge in [0.05, 0.1) is 0 Å². The minimum Gasteiger partial charge on any atom is -0.310 e. The monoisotopic (exact) mass is 254 g/mol. The van der Waals surface area contributed by atoms with Crippen LogP contribution in [0.3, 0.4) is 0 Å². The van der Waals surface area contributed by atoms with Crippen molar-refractivity contribution in [2.75, 3.05) is 6.54 Å². The Hall–Kier alpha value is -0.530. The molecule has 0 atom stereocenters. The highest BCUT2D eigenvalue weighted by molar-refractivity contribution is 5.56. The average Bonchev–Trinajstić information content (AvgIpc) is 2.39. The lowest BCUT2D eigenvalue weighted by molar-refractivity contribution is 0.581. The van der Waals surface area contributed by atoms with Crippen molar-refractivity contribution < 1.29 is 0 Å². The summed E-state index contributed by atoms with van der Waals surface area (Å²) in [6.45, 7) is 5.56. The van der Waals surface area contributed by atoms with E-state index in [1.165, 1.54) is 70.6 Å². The number of unbranched alkanes of at least 4 members (excludes halogenated alkanes) is 10. The van der Waals surface area contributed by atoms with E-state index in [0.717, 1.165) is 13.0 Å². The van der Waals surface area contributed by atoms with Crippen molar-refractivity contribution >= 4 is 6.21 Å². The van der Waals surface area contributed by atoms with E-state index >= 15 is 0 Å². The van der Waals surface area contributed by atoms with Crippen molar-refractivity contribution in [3.05, 3.63) is 0 Å². The van der Waals surface area contributed by atoms with Gasteiger partial charge in [-0.15, -0.1) is 0 Å². The molecule has 2 heteroatoms. The Morgan fingerprint density at radius 2 is 1.28 bits per heavy atom. The molecule has 0 aromatic rings. The van der Waals surface area contributed by atoms with Crippen LogP contribution in [0, 0.1) is 0 Å². The molecule has 0 heterocycles. The summed E-state index contributed by atoms with van der Waals surface area (Å²) >= 11 is 0. The van der Waals surface area contributed by atoms with Gasteiger partial charge in [-0.25, -0.2) is 0 Å². The maximum Gasteiger partial charge on any atom is 0.0329 e. The maximum atomic E-state index is 4.25. The number of rotatable bonds is 14. The topological polar surface area (TPSA) is 24.4 Å². The Morgan fingerprint density at radius 1 is 0.722 bits per heavy atom. The van der Waals surface area contributed by atoms with Crippen molar-refractivity contribution in [1.29, 1.82) is 0 Å². The third-order valence-corrected chi connectivity index (χ3v) is 3.26. The van der Waals surface area contributed by atoms with Gasteiger partial charge >= 0.3 is 0 Å². The first-order valence-corrected chi connectivity index (χ1v) is 8.16. The molecule has 108 valence electrons. The molecular formula is C16H34N2. The van der Waals surface area contributed by atoms with Gasteiger partial charge in [0, 0.05) is 12.8 Å². The van der Waals surface area contributed by atoms with Crippen LogP contribution in [-0.2, 0) is 0 Å². The lowest BCUT2D eigenvalue weighted by Gasteiger charge is -2.01. The Balaban J connectivity index is 3.00. The molecule has 0 saturated heterocycles. The molecule has 18 heavy (non-hydrogen) atoms. The van der Waals surface area contributed by atoms with Crippen LogP contribution in [0.4, 0.5) is 0 Å². The molecule has 0 saturated carbocycles. The van der Waals surface area contributed by atoms with Crippen LogP contribution in [-0.4, -0.2) is 12.8 Å². The first-order valence-electron chi connectivity index (χ1n) is 8.16. The summed E-state index contributed by atoms with van der Waals surface area (Å²) in [7, 11) is 0. The Bertz CT molecular complexity index is 166. The zero-order valence-corrected chi connectivity index (χ0v) is 12.7. The van der Waals surface area contributed by atoms with Crippen LogP contribution in [0.15, 0.2) is 5.10 Å². The summed E-state index contributed by atoms with van der Waals surface area (Å²) < 4.78 is 0. The smallest absolute Gasteiger partial charge is 0.0329 e. The summed E-state index contributed by atoms with van der Waals surface area (Å²) in [5.74, 6) is 0. The van der Waals surface area contributed by atoms with Crippen LogP contribution in [0.2, 0.25) is 0 Å². The van der Waals surface area contributed by atoms with Crippen LogP contribution in [0.25, 0.3) is 0 Å². The van der Waals surface area contributed by atoms with Gasteiger partial charge in [-0.3, -0.25) is 0 Å². The second-order valence-electron chi connectivity index (χ2n) is 5.19. The van der Waals surface area contributed by atoms with Gasteiger partial charge in [0.2, 0.25) is 0 Å². The van der Waals surface area contributed by atoms with Gasteiger partial charge in [0.25, 0.3) is 0 Å². The molecule has 0 aliphatic rings. The van der Waals surface area contributed by atoms with Gasteiger partial charge in [0.1, 0.15) is 0 Å². The Kier molecular flexibility index (Phi) is 16.0. The lowest BCUT2D eigenvalue weighted by atomic mass is 10.1. The lowest BCUT2D eigenvalue weighted by Crippen LogP contribution is -2.07. The van der Waals surface area contributed by atoms with Gasteiger partial charge in [-0.05, 0) is 19.3 Å². The largest absolute Gasteiger partial charge is 0.310 e. The summed E-state index contributed by atoms with van der Waals surface area (Å²) in [6, 6.07) is 0. The van der Waals surface area contributed by atoms with E-state index in [1.807, 2.05) is 6.21 Å². The zero-order chi connectivity index (χ0) is 13.3. The average molecular weight is 254 g/mol. The molecule has 0 spiro atoms. The molecule has 2 nitrogen and oxygen atoms in total. The highest BCUT2D eigenvalue weighted by Gasteiger charge is 1.89. The molecule has 1 N–H and O–H groups in total. The van der Waals surface area contributed by atoms with Crippen molar-refractivity contribution in [2.24, 2.45) is 5.10 Å². The predicted molar refractivity (Wildman–Crippen MR) is 83.2 cm³/mol. The Labute approximate surface area is 115 Å². The van der Waals surface area contributed by atoms with Crippen molar-refractivity contribution in [3.63, 3.8) is 0 Å². The summed E-state index contributed by atoms with van der Waals surface area (Å²) in [4.78, 5) is 0. The molecule has 0 aromatic carbocycles. The van der Waals surface area contributed by atoms with E-state index in [4.69, 9.17) is 0 Å². The highest BCUT2D eigenvalue weighted by Crippen LogP contribution is 2.04. The quantitative estimate of drug-likeness (QED) is 0.254. The fourth-order valence-corrected chi connectivity index (χ4v) is 2.02. The van der Waals surface area contributed by atoms with Crippen LogP contribution >= 0.6 is 0 Å². The highest BCUT2D eigenvalue weighted by atomic mass is 15.3. The molecule has 0 aliphatic heterocycles. The van der Waals surface area contributed by atoms with E-state index in [9.17, 15) is 0 Å². The molecule has 0 fully saturated rings. The normalized spacial score (nSPS) is 11.2. The second-order valence-corrected chi connectivity index (χ2v) is 5.19. The fourth-order valence-electron chi connectivity index (χ4n) is 2.02. The third-order valence-electron chi connectivity index (χ3n) is 3.26. The van der Waals surface area contributed by atoms with Gasteiger partial charge in [-0.1, -0.05) is 71.6 Å². The Morgan fingerprint density at radius 3 is 1.94 bits per heavy atom. The van der Waals surface area contributed by atoms with E-state index < -0.39 is 0 Å². The van der Waals surface area contributed by atoms with Crippen LogP contribution < -0.4 is 5.43 Å². The summed E-state index contributed by atoms with van der Waals surface area (Å²) in [6.07, 6.45) is 18.0. The van der Waals surface area contributed by atoms with E-state index in [2.05, 4.69) is 24.4 Å². The number of hydrazone groups is 1. The molecule has 0 rings (SSSR count). The first-order chi connectivity index (χ1) is 8.91. The molecule has 0 radical (unpaired) electrons. The van der Waals surface area contributed by atoms with Crippen molar-refractivity contribution in [2.45, 2.75) is 90.9 Å². The predicted octanol–water partition coefficient (Wildman–Crippen LogP) is 5.28.